The van der Waals surface area contributed by atoms with E-state index in [1.165, 1.54) is 6.33 Å². The van der Waals surface area contributed by atoms with Crippen molar-refractivity contribution in [3.63, 3.8) is 0 Å². The number of hydrogen-bond acceptors (Lipinski definition) is 6. The highest BCUT2D eigenvalue weighted by Gasteiger charge is 2.26. The minimum absolute atomic E-state index is 0.0353. The summed E-state index contributed by atoms with van der Waals surface area (Å²) in [6.45, 7) is 10.7. The highest BCUT2D eigenvalue weighted by molar-refractivity contribution is 5.33. The Morgan fingerprint density at radius 3 is 2.42 bits per heavy atom. The molecule has 8 nitrogen and oxygen atoms in total. The summed E-state index contributed by atoms with van der Waals surface area (Å²) in [6, 6.07) is 0. The Bertz CT molecular complexity index is 1050. The zero-order valence-corrected chi connectivity index (χ0v) is 15.7. The fraction of sp³-hybridized carbons (Fsp3) is 0.444. The molecule has 4 aromatic rings. The molecule has 134 valence electrons. The van der Waals surface area contributed by atoms with Crippen molar-refractivity contribution in [1.82, 2.24) is 38.9 Å². The van der Waals surface area contributed by atoms with Crippen LogP contribution in [0.25, 0.3) is 11.6 Å². The highest BCUT2D eigenvalue weighted by atomic mass is 15.3. The summed E-state index contributed by atoms with van der Waals surface area (Å²) in [5.41, 5.74) is 2.56. The van der Waals surface area contributed by atoms with Gasteiger partial charge in [0.15, 0.2) is 0 Å². The smallest absolute Gasteiger partial charge is 0.250 e. The normalized spacial score (nSPS) is 13.0. The molecular formula is C18H22N8. The van der Waals surface area contributed by atoms with E-state index in [1.54, 1.807) is 17.0 Å². The monoisotopic (exact) mass is 350 g/mol. The maximum atomic E-state index is 4.70. The Labute approximate surface area is 151 Å². The van der Waals surface area contributed by atoms with E-state index in [0.29, 0.717) is 18.0 Å². The molecule has 0 bridgehead atoms. The van der Waals surface area contributed by atoms with Gasteiger partial charge in [-0.2, -0.15) is 5.10 Å². The van der Waals surface area contributed by atoms with Crippen molar-refractivity contribution in [1.29, 1.82) is 0 Å². The highest BCUT2D eigenvalue weighted by Crippen LogP contribution is 2.26. The van der Waals surface area contributed by atoms with Crippen molar-refractivity contribution in [2.24, 2.45) is 0 Å². The summed E-state index contributed by atoms with van der Waals surface area (Å²) < 4.78 is 3.60. The van der Waals surface area contributed by atoms with E-state index < -0.39 is 0 Å². The molecule has 0 fully saturated rings. The first-order valence-electron chi connectivity index (χ1n) is 8.59. The molecule has 0 spiro atoms. The molecule has 0 atom stereocenters. The lowest BCUT2D eigenvalue weighted by atomic mass is 9.85. The molecule has 0 saturated heterocycles. The van der Waals surface area contributed by atoms with Gasteiger partial charge in [0.25, 0.3) is 5.78 Å². The van der Waals surface area contributed by atoms with Crippen LogP contribution in [0.2, 0.25) is 0 Å². The van der Waals surface area contributed by atoms with Crippen LogP contribution in [0.1, 0.15) is 51.7 Å². The van der Waals surface area contributed by atoms with E-state index in [9.17, 15) is 0 Å². The number of nitrogens with zero attached hydrogens (tertiary/aromatic N) is 8. The number of hydrogen-bond donors (Lipinski definition) is 0. The number of aromatic nitrogens is 8. The average molecular weight is 350 g/mol. The minimum atomic E-state index is -0.219. The fourth-order valence-electron chi connectivity index (χ4n) is 2.88. The van der Waals surface area contributed by atoms with Crippen LogP contribution in [0, 0.1) is 0 Å². The van der Waals surface area contributed by atoms with Crippen molar-refractivity contribution in [2.45, 2.75) is 51.9 Å². The van der Waals surface area contributed by atoms with Crippen LogP contribution in [0.15, 0.2) is 31.2 Å². The summed E-state index contributed by atoms with van der Waals surface area (Å²) in [5.74, 6) is 1.27. The first-order valence-corrected chi connectivity index (χ1v) is 8.59. The van der Waals surface area contributed by atoms with Crippen molar-refractivity contribution in [3.8, 4) is 0 Å². The first-order chi connectivity index (χ1) is 12.2. The maximum absolute atomic E-state index is 4.70. The summed E-state index contributed by atoms with van der Waals surface area (Å²) in [6.07, 6.45) is 9.64. The van der Waals surface area contributed by atoms with Gasteiger partial charge < -0.3 is 0 Å². The predicted molar refractivity (Wildman–Crippen MR) is 97.0 cm³/mol. The molecule has 0 aromatic carbocycles. The van der Waals surface area contributed by atoms with Gasteiger partial charge in [-0.25, -0.2) is 29.4 Å². The topological polar surface area (TPSA) is 86.2 Å². The molecule has 0 amide bonds. The van der Waals surface area contributed by atoms with Gasteiger partial charge in [-0.1, -0.05) is 34.6 Å². The quantitative estimate of drug-likeness (QED) is 0.564. The third-order valence-electron chi connectivity index (χ3n) is 4.46. The summed E-state index contributed by atoms with van der Waals surface area (Å²) in [7, 11) is 0. The molecule has 26 heavy (non-hydrogen) atoms. The van der Waals surface area contributed by atoms with Gasteiger partial charge in [-0.05, 0) is 0 Å². The standard InChI is InChI=1S/C18H22N8/c1-17(2,3)13-9-26-16(22-13)20-7-12(24-26)6-18(4,5)14-8-25-11-19-10-21-15(25)23-14/h7-11H,6H2,1-5H3. The van der Waals surface area contributed by atoms with Gasteiger partial charge >= 0.3 is 0 Å². The number of imidazole rings is 2. The van der Waals surface area contributed by atoms with Crippen molar-refractivity contribution >= 4 is 11.6 Å². The van der Waals surface area contributed by atoms with Crippen LogP contribution in [0.5, 0.6) is 0 Å². The van der Waals surface area contributed by atoms with Crippen LogP contribution in [-0.2, 0) is 17.3 Å². The second-order valence-electron chi connectivity index (χ2n) is 8.27. The number of fused-ring (bicyclic) bond motifs is 2. The van der Waals surface area contributed by atoms with Gasteiger partial charge in [0, 0.05) is 23.4 Å². The second-order valence-corrected chi connectivity index (χ2v) is 8.27. The largest absolute Gasteiger partial charge is 0.274 e. The van der Waals surface area contributed by atoms with E-state index in [4.69, 9.17) is 5.10 Å². The van der Waals surface area contributed by atoms with Crippen LogP contribution < -0.4 is 0 Å². The summed E-state index contributed by atoms with van der Waals surface area (Å²) in [4.78, 5) is 21.9. The zero-order valence-electron chi connectivity index (χ0n) is 15.7. The molecule has 0 unspecified atom stereocenters. The van der Waals surface area contributed by atoms with Crippen molar-refractivity contribution < 1.29 is 0 Å². The van der Waals surface area contributed by atoms with Gasteiger partial charge in [0.1, 0.15) is 12.7 Å². The van der Waals surface area contributed by atoms with Gasteiger partial charge in [-0.15, -0.1) is 0 Å². The van der Waals surface area contributed by atoms with E-state index in [1.807, 2.05) is 16.8 Å². The molecule has 0 aliphatic heterocycles. The molecule has 4 rings (SSSR count). The Morgan fingerprint density at radius 2 is 1.69 bits per heavy atom. The van der Waals surface area contributed by atoms with Gasteiger partial charge in [0.2, 0.25) is 5.78 Å². The molecule has 0 saturated carbocycles. The fourth-order valence-corrected chi connectivity index (χ4v) is 2.88. The lowest BCUT2D eigenvalue weighted by molar-refractivity contribution is 0.496. The lowest BCUT2D eigenvalue weighted by Gasteiger charge is -2.21. The Morgan fingerprint density at radius 1 is 0.923 bits per heavy atom. The Hall–Kier alpha value is -2.90. The average Bonchev–Trinajstić information content (AvgIpc) is 3.18. The Balaban J connectivity index is 1.66. The third-order valence-corrected chi connectivity index (χ3v) is 4.46. The zero-order chi connectivity index (χ0) is 18.5. The molecule has 0 aliphatic rings. The molecule has 0 aliphatic carbocycles. The minimum Gasteiger partial charge on any atom is -0.274 e. The maximum Gasteiger partial charge on any atom is 0.250 e. The predicted octanol–water partition coefficient (Wildman–Crippen LogP) is 2.38. The number of rotatable bonds is 3. The van der Waals surface area contributed by atoms with E-state index in [-0.39, 0.29) is 10.8 Å². The van der Waals surface area contributed by atoms with E-state index in [2.05, 4.69) is 59.5 Å². The second kappa shape index (κ2) is 5.55. The van der Waals surface area contributed by atoms with Crippen LogP contribution in [0.3, 0.4) is 0 Å². The van der Waals surface area contributed by atoms with Crippen molar-refractivity contribution in [2.75, 3.05) is 0 Å². The van der Waals surface area contributed by atoms with Gasteiger partial charge in [0.05, 0.1) is 29.5 Å². The molecule has 0 radical (unpaired) electrons. The molecule has 4 aromatic heterocycles. The SMILES string of the molecule is CC(C)(C)c1cn2nc(CC(C)(C)c3cn4cncnc4n3)cnc2n1. The lowest BCUT2D eigenvalue weighted by Crippen LogP contribution is -2.22. The summed E-state index contributed by atoms with van der Waals surface area (Å²) >= 11 is 0. The molecule has 0 N–H and O–H groups in total. The van der Waals surface area contributed by atoms with E-state index >= 15 is 0 Å². The van der Waals surface area contributed by atoms with Crippen molar-refractivity contribution in [3.05, 3.63) is 48.3 Å². The van der Waals surface area contributed by atoms with Gasteiger partial charge in [-0.3, -0.25) is 4.40 Å². The Kier molecular flexibility index (Phi) is 3.54. The molecule has 4 heterocycles. The van der Waals surface area contributed by atoms with Crippen LogP contribution >= 0.6 is 0 Å². The van der Waals surface area contributed by atoms with Crippen LogP contribution in [0.4, 0.5) is 0 Å². The van der Waals surface area contributed by atoms with E-state index in [0.717, 1.165) is 17.1 Å². The third kappa shape index (κ3) is 2.91. The first kappa shape index (κ1) is 16.6. The van der Waals surface area contributed by atoms with Crippen LogP contribution in [-0.4, -0.2) is 38.9 Å². The molecular weight excluding hydrogens is 328 g/mol. The summed E-state index contributed by atoms with van der Waals surface area (Å²) in [5, 5.41) is 4.70. The molecule has 8 heteroatoms.